The normalized spacial score (nSPS) is 17.7. The first-order valence-corrected chi connectivity index (χ1v) is 8.86. The number of hydrogen-bond donors (Lipinski definition) is 0. The van der Waals surface area contributed by atoms with Gasteiger partial charge in [0, 0.05) is 24.6 Å². The van der Waals surface area contributed by atoms with Crippen LogP contribution in [0, 0.1) is 0 Å². The number of cyclic esters (lactones) is 2. The van der Waals surface area contributed by atoms with Gasteiger partial charge in [-0.15, -0.1) is 0 Å². The van der Waals surface area contributed by atoms with Crippen LogP contribution in [0.5, 0.6) is 0 Å². The Morgan fingerprint density at radius 2 is 1.68 bits per heavy atom. The van der Waals surface area contributed by atoms with Gasteiger partial charge >= 0.3 is 11.9 Å². The van der Waals surface area contributed by atoms with Crippen molar-refractivity contribution in [2.24, 2.45) is 0 Å². The molecule has 22 heavy (non-hydrogen) atoms. The Bertz CT molecular complexity index is 770. The molecule has 0 radical (unpaired) electrons. The molecule has 1 heterocycles. The summed E-state index contributed by atoms with van der Waals surface area (Å²) in [6, 6.07) is 4.35. The summed E-state index contributed by atoms with van der Waals surface area (Å²) in [5, 5.41) is 0. The smallest absolute Gasteiger partial charge is 0.348 e. The quantitative estimate of drug-likeness (QED) is 0.437. The Hall–Kier alpha value is -1.67. The molecular formula is C14H13BrO6S. The molecule has 0 N–H and O–H groups in total. The predicted molar refractivity (Wildman–Crippen MR) is 81.5 cm³/mol. The van der Waals surface area contributed by atoms with Gasteiger partial charge in [-0.05, 0) is 39.7 Å². The molecule has 1 fully saturated rings. The average Bonchev–Trinajstić information content (AvgIpc) is 2.31. The zero-order valence-electron chi connectivity index (χ0n) is 12.0. The van der Waals surface area contributed by atoms with Gasteiger partial charge in [-0.2, -0.15) is 0 Å². The zero-order valence-corrected chi connectivity index (χ0v) is 14.4. The van der Waals surface area contributed by atoms with Gasteiger partial charge in [0.15, 0.2) is 9.84 Å². The number of hydrogen-bond acceptors (Lipinski definition) is 6. The van der Waals surface area contributed by atoms with Gasteiger partial charge in [-0.3, -0.25) is 0 Å². The number of esters is 2. The Morgan fingerprint density at radius 1 is 1.14 bits per heavy atom. The fraction of sp³-hybridized carbons (Fsp3) is 0.286. The number of carbonyl (C=O) groups is 2. The minimum atomic E-state index is -3.37. The first-order valence-electron chi connectivity index (χ1n) is 6.17. The van der Waals surface area contributed by atoms with E-state index in [0.717, 1.165) is 6.26 Å². The Morgan fingerprint density at radius 3 is 2.14 bits per heavy atom. The molecule has 1 aliphatic rings. The maximum Gasteiger partial charge on any atom is 0.348 e. The highest BCUT2D eigenvalue weighted by Crippen LogP contribution is 2.27. The molecule has 0 aromatic heterocycles. The second kappa shape index (κ2) is 5.51. The highest BCUT2D eigenvalue weighted by Gasteiger charge is 2.38. The topological polar surface area (TPSA) is 86.7 Å². The molecular weight excluding hydrogens is 376 g/mol. The SMILES string of the molecule is CC1(C)OC(=O)C(=Cc2ccc(S(C)(=O)=O)c(Br)c2)C(=O)O1. The highest BCUT2D eigenvalue weighted by molar-refractivity contribution is 9.10. The summed E-state index contributed by atoms with van der Waals surface area (Å²) in [6.07, 6.45) is 2.37. The third kappa shape index (κ3) is 3.56. The second-order valence-corrected chi connectivity index (χ2v) is 8.04. The molecule has 0 saturated carbocycles. The van der Waals surface area contributed by atoms with E-state index in [4.69, 9.17) is 9.47 Å². The molecule has 0 spiro atoms. The lowest BCUT2D eigenvalue weighted by Gasteiger charge is -2.29. The fourth-order valence-electron chi connectivity index (χ4n) is 1.85. The van der Waals surface area contributed by atoms with Crippen LogP contribution in [0.2, 0.25) is 0 Å². The van der Waals surface area contributed by atoms with E-state index >= 15 is 0 Å². The van der Waals surface area contributed by atoms with Gasteiger partial charge < -0.3 is 9.47 Å². The molecule has 0 atom stereocenters. The minimum absolute atomic E-state index is 0.115. The van der Waals surface area contributed by atoms with Gasteiger partial charge in [0.05, 0.1) is 4.90 Å². The lowest BCUT2D eigenvalue weighted by Crippen LogP contribution is -2.41. The van der Waals surface area contributed by atoms with Crippen molar-refractivity contribution in [3.8, 4) is 0 Å². The van der Waals surface area contributed by atoms with Gasteiger partial charge in [-0.1, -0.05) is 6.07 Å². The number of halogens is 1. The van der Waals surface area contributed by atoms with Crippen LogP contribution in [-0.2, 0) is 28.9 Å². The van der Waals surface area contributed by atoms with Crippen LogP contribution in [0.1, 0.15) is 19.4 Å². The van der Waals surface area contributed by atoms with Crippen molar-refractivity contribution in [2.75, 3.05) is 6.26 Å². The number of benzene rings is 1. The molecule has 1 aromatic carbocycles. The number of sulfone groups is 1. The molecule has 8 heteroatoms. The van der Waals surface area contributed by atoms with Crippen molar-refractivity contribution < 1.29 is 27.5 Å². The Labute approximate surface area is 136 Å². The molecule has 118 valence electrons. The van der Waals surface area contributed by atoms with Crippen molar-refractivity contribution in [3.05, 3.63) is 33.8 Å². The van der Waals surface area contributed by atoms with E-state index in [0.29, 0.717) is 10.0 Å². The van der Waals surface area contributed by atoms with E-state index in [9.17, 15) is 18.0 Å². The summed E-state index contributed by atoms with van der Waals surface area (Å²) in [7, 11) is -3.37. The minimum Gasteiger partial charge on any atom is -0.419 e. The molecule has 1 aliphatic heterocycles. The maximum absolute atomic E-state index is 11.8. The number of rotatable bonds is 2. The van der Waals surface area contributed by atoms with Crippen molar-refractivity contribution in [1.29, 1.82) is 0 Å². The van der Waals surface area contributed by atoms with Crippen LogP contribution in [0.4, 0.5) is 0 Å². The van der Waals surface area contributed by atoms with E-state index in [-0.39, 0.29) is 10.5 Å². The molecule has 0 amide bonds. The van der Waals surface area contributed by atoms with E-state index in [1.807, 2.05) is 0 Å². The lowest BCUT2D eigenvalue weighted by molar-refractivity contribution is -0.222. The average molecular weight is 389 g/mol. The van der Waals surface area contributed by atoms with Crippen LogP contribution in [0.3, 0.4) is 0 Å². The summed E-state index contributed by atoms with van der Waals surface area (Å²) in [6.45, 7) is 2.91. The van der Waals surface area contributed by atoms with Crippen molar-refractivity contribution in [2.45, 2.75) is 24.5 Å². The molecule has 0 aliphatic carbocycles. The molecule has 6 nitrogen and oxygen atoms in total. The molecule has 1 saturated heterocycles. The molecule has 0 unspecified atom stereocenters. The van der Waals surface area contributed by atoms with Gasteiger partial charge in [0.2, 0.25) is 0 Å². The van der Waals surface area contributed by atoms with Crippen LogP contribution in [0.15, 0.2) is 33.1 Å². The van der Waals surface area contributed by atoms with Crippen molar-refractivity contribution in [3.63, 3.8) is 0 Å². The summed E-state index contributed by atoms with van der Waals surface area (Å²) in [5.41, 5.74) is 0.209. The fourth-order valence-corrected chi connectivity index (χ4v) is 3.86. The van der Waals surface area contributed by atoms with Crippen LogP contribution in [0.25, 0.3) is 6.08 Å². The summed E-state index contributed by atoms with van der Waals surface area (Å²) < 4.78 is 33.4. The standard InChI is InChI=1S/C14H13BrO6S/c1-14(2)20-12(16)9(13(17)21-14)6-8-4-5-11(10(15)7-8)22(3,18)19/h4-7H,1-3H3. The van der Waals surface area contributed by atoms with E-state index in [2.05, 4.69) is 15.9 Å². The van der Waals surface area contributed by atoms with Gasteiger partial charge in [-0.25, -0.2) is 18.0 Å². The second-order valence-electron chi connectivity index (χ2n) is 5.20. The summed E-state index contributed by atoms with van der Waals surface area (Å²) in [5.74, 6) is -2.87. The molecule has 2 rings (SSSR count). The van der Waals surface area contributed by atoms with Crippen LogP contribution >= 0.6 is 15.9 Å². The molecule has 0 bridgehead atoms. The highest BCUT2D eigenvalue weighted by atomic mass is 79.9. The van der Waals surface area contributed by atoms with Crippen molar-refractivity contribution >= 4 is 43.8 Å². The third-order valence-electron chi connectivity index (χ3n) is 2.78. The first-order chi connectivity index (χ1) is 9.99. The monoisotopic (exact) mass is 388 g/mol. The summed E-state index contributed by atoms with van der Waals surface area (Å²) in [4.78, 5) is 23.8. The van der Waals surface area contributed by atoms with Crippen LogP contribution < -0.4 is 0 Å². The predicted octanol–water partition coefficient (Wildman–Crippen LogP) is 2.07. The lowest BCUT2D eigenvalue weighted by atomic mass is 10.1. The molecule has 1 aromatic rings. The summed E-state index contributed by atoms with van der Waals surface area (Å²) >= 11 is 3.16. The largest absolute Gasteiger partial charge is 0.419 e. The van der Waals surface area contributed by atoms with E-state index in [1.165, 1.54) is 38.1 Å². The van der Waals surface area contributed by atoms with E-state index in [1.54, 1.807) is 0 Å². The van der Waals surface area contributed by atoms with Gasteiger partial charge in [0.25, 0.3) is 5.79 Å². The first kappa shape index (κ1) is 16.7. The Balaban J connectivity index is 2.40. The van der Waals surface area contributed by atoms with Crippen molar-refractivity contribution in [1.82, 2.24) is 0 Å². The van der Waals surface area contributed by atoms with Crippen LogP contribution in [-0.4, -0.2) is 32.4 Å². The van der Waals surface area contributed by atoms with Gasteiger partial charge in [0.1, 0.15) is 5.57 Å². The number of carbonyl (C=O) groups excluding carboxylic acids is 2. The maximum atomic E-state index is 11.8. The third-order valence-corrected chi connectivity index (χ3v) is 4.86. The van der Waals surface area contributed by atoms with E-state index < -0.39 is 27.6 Å². The zero-order chi connectivity index (χ0) is 16.7. The Kier molecular flexibility index (Phi) is 4.18. The number of ether oxygens (including phenoxy) is 2.